The van der Waals surface area contributed by atoms with Crippen LogP contribution in [0.5, 0.6) is 0 Å². The molecule has 2 N–H and O–H groups in total. The minimum absolute atomic E-state index is 0.273. The number of rotatable bonds is 4. The van der Waals surface area contributed by atoms with Gasteiger partial charge in [0.2, 0.25) is 0 Å². The van der Waals surface area contributed by atoms with E-state index in [2.05, 4.69) is 5.32 Å². The SMILES string of the molecule is COC1OC2COC(c3ccccc3)O[C@H]2C(O)C1Nc1ccc2ccc(=O)oc2c1. The largest absolute Gasteiger partial charge is 0.423 e. The van der Waals surface area contributed by atoms with Crippen molar-refractivity contribution in [2.45, 2.75) is 36.9 Å². The van der Waals surface area contributed by atoms with Crippen LogP contribution in [-0.4, -0.2) is 49.5 Å². The molecular weight excluding hydrogens is 402 g/mol. The number of ether oxygens (including phenoxy) is 4. The molecule has 2 aromatic carbocycles. The van der Waals surface area contributed by atoms with E-state index >= 15 is 0 Å². The maximum Gasteiger partial charge on any atom is 0.336 e. The van der Waals surface area contributed by atoms with E-state index in [9.17, 15) is 9.90 Å². The summed E-state index contributed by atoms with van der Waals surface area (Å²) in [7, 11) is 1.52. The lowest BCUT2D eigenvalue weighted by atomic mass is 9.95. The fraction of sp³-hybridized carbons (Fsp3) is 0.348. The average Bonchev–Trinajstić information content (AvgIpc) is 2.81. The zero-order chi connectivity index (χ0) is 21.4. The fourth-order valence-electron chi connectivity index (χ4n) is 4.07. The van der Waals surface area contributed by atoms with Crippen molar-refractivity contribution in [2.75, 3.05) is 19.0 Å². The van der Waals surface area contributed by atoms with Gasteiger partial charge in [-0.3, -0.25) is 0 Å². The molecule has 0 spiro atoms. The van der Waals surface area contributed by atoms with Gasteiger partial charge in [0.15, 0.2) is 12.6 Å². The molecule has 0 bridgehead atoms. The Morgan fingerprint density at radius 2 is 1.87 bits per heavy atom. The van der Waals surface area contributed by atoms with E-state index in [0.717, 1.165) is 10.9 Å². The van der Waals surface area contributed by atoms with Gasteiger partial charge in [0.05, 0.1) is 6.61 Å². The van der Waals surface area contributed by atoms with Crippen LogP contribution in [0.1, 0.15) is 11.9 Å². The molecule has 3 aromatic rings. The number of nitrogens with one attached hydrogen (secondary N) is 1. The molecular formula is C23H23NO7. The maximum absolute atomic E-state index is 11.5. The van der Waals surface area contributed by atoms with E-state index in [-0.39, 0.29) is 6.61 Å². The Morgan fingerprint density at radius 1 is 1.06 bits per heavy atom. The average molecular weight is 425 g/mol. The molecule has 8 heteroatoms. The van der Waals surface area contributed by atoms with E-state index in [1.807, 2.05) is 42.5 Å². The maximum atomic E-state index is 11.5. The Kier molecular flexibility index (Phi) is 5.47. The molecule has 5 unspecified atom stereocenters. The lowest BCUT2D eigenvalue weighted by Gasteiger charge is -2.47. The summed E-state index contributed by atoms with van der Waals surface area (Å²) in [6.45, 7) is 0.273. The Morgan fingerprint density at radius 3 is 2.68 bits per heavy atom. The zero-order valence-corrected chi connectivity index (χ0v) is 16.8. The van der Waals surface area contributed by atoms with Crippen molar-refractivity contribution in [3.63, 3.8) is 0 Å². The summed E-state index contributed by atoms with van der Waals surface area (Å²) in [4.78, 5) is 11.5. The molecule has 3 heterocycles. The van der Waals surface area contributed by atoms with Crippen LogP contribution in [0.2, 0.25) is 0 Å². The first-order valence-electron chi connectivity index (χ1n) is 10.1. The molecule has 8 nitrogen and oxygen atoms in total. The van der Waals surface area contributed by atoms with E-state index < -0.39 is 42.6 Å². The van der Waals surface area contributed by atoms with Crippen LogP contribution in [0.15, 0.2) is 69.9 Å². The van der Waals surface area contributed by atoms with E-state index in [1.54, 1.807) is 12.1 Å². The first-order chi connectivity index (χ1) is 15.1. The molecule has 0 amide bonds. The number of benzene rings is 2. The molecule has 2 aliphatic rings. The van der Waals surface area contributed by atoms with Crippen LogP contribution in [0.4, 0.5) is 5.69 Å². The molecule has 0 radical (unpaired) electrons. The predicted octanol–water partition coefficient (Wildman–Crippen LogP) is 2.42. The third-order valence-corrected chi connectivity index (χ3v) is 5.63. The second-order valence-electron chi connectivity index (χ2n) is 7.62. The molecule has 0 aliphatic carbocycles. The molecule has 2 saturated heterocycles. The highest BCUT2D eigenvalue weighted by Crippen LogP contribution is 2.35. The number of fused-ring (bicyclic) bond motifs is 2. The van der Waals surface area contributed by atoms with Crippen LogP contribution in [0.3, 0.4) is 0 Å². The smallest absolute Gasteiger partial charge is 0.336 e. The number of hydrogen-bond acceptors (Lipinski definition) is 8. The van der Waals surface area contributed by atoms with Gasteiger partial charge in [-0.15, -0.1) is 0 Å². The molecule has 5 rings (SSSR count). The standard InChI is InChI=1S/C23H23NO7/c1-27-23-19(24-15-9-7-13-8-10-18(25)29-16(13)11-15)20(26)21-17(30-23)12-28-22(31-21)14-5-3-2-4-6-14/h2-11,17,19-24,26H,12H2,1H3/t17?,19?,20?,21-,22?,23?/m1/s1. The first-order valence-corrected chi connectivity index (χ1v) is 10.1. The van der Waals surface area contributed by atoms with Crippen molar-refractivity contribution >= 4 is 16.7 Å². The number of aliphatic hydroxyl groups is 1. The second-order valence-corrected chi connectivity index (χ2v) is 7.62. The first kappa shape index (κ1) is 20.2. The Hall–Kier alpha value is -2.75. The van der Waals surface area contributed by atoms with Crippen LogP contribution in [-0.2, 0) is 18.9 Å². The van der Waals surface area contributed by atoms with Gasteiger partial charge < -0.3 is 33.8 Å². The lowest BCUT2D eigenvalue weighted by Crippen LogP contribution is -2.64. The summed E-state index contributed by atoms with van der Waals surface area (Å²) in [5, 5.41) is 15.2. The lowest BCUT2D eigenvalue weighted by molar-refractivity contribution is -0.337. The van der Waals surface area contributed by atoms with Crippen LogP contribution < -0.4 is 10.9 Å². The van der Waals surface area contributed by atoms with Gasteiger partial charge in [-0.2, -0.15) is 0 Å². The van der Waals surface area contributed by atoms with E-state index in [1.165, 1.54) is 13.2 Å². The molecule has 2 fully saturated rings. The molecule has 6 atom stereocenters. The number of aliphatic hydroxyl groups excluding tert-OH is 1. The number of anilines is 1. The monoisotopic (exact) mass is 425 g/mol. The minimum Gasteiger partial charge on any atom is -0.423 e. The number of hydrogen-bond donors (Lipinski definition) is 2. The summed E-state index contributed by atoms with van der Waals surface area (Å²) >= 11 is 0. The van der Waals surface area contributed by atoms with Crippen molar-refractivity contribution in [1.29, 1.82) is 0 Å². The third kappa shape index (κ3) is 3.96. The van der Waals surface area contributed by atoms with E-state index in [0.29, 0.717) is 11.3 Å². The van der Waals surface area contributed by atoms with Crippen LogP contribution in [0.25, 0.3) is 11.0 Å². The summed E-state index contributed by atoms with van der Waals surface area (Å²) in [5.74, 6) is 0. The van der Waals surface area contributed by atoms with Crippen molar-refractivity contribution in [3.8, 4) is 0 Å². The summed E-state index contributed by atoms with van der Waals surface area (Å²) in [6.07, 6.45) is -3.32. The third-order valence-electron chi connectivity index (χ3n) is 5.63. The van der Waals surface area contributed by atoms with Gasteiger partial charge in [0, 0.05) is 35.9 Å². The molecule has 2 aliphatic heterocycles. The van der Waals surface area contributed by atoms with Crippen molar-refractivity contribution in [2.24, 2.45) is 0 Å². The highest BCUT2D eigenvalue weighted by atomic mass is 16.7. The van der Waals surface area contributed by atoms with Crippen molar-refractivity contribution in [1.82, 2.24) is 0 Å². The van der Waals surface area contributed by atoms with Gasteiger partial charge in [0.25, 0.3) is 0 Å². The normalized spacial score (nSPS) is 30.6. The van der Waals surface area contributed by atoms with Crippen molar-refractivity contribution in [3.05, 3.63) is 76.6 Å². The summed E-state index contributed by atoms with van der Waals surface area (Å²) in [5.41, 5.74) is 1.55. The fourth-order valence-corrected chi connectivity index (χ4v) is 4.07. The quantitative estimate of drug-likeness (QED) is 0.615. The molecule has 162 valence electrons. The van der Waals surface area contributed by atoms with Gasteiger partial charge >= 0.3 is 5.63 Å². The Labute approximate surface area is 178 Å². The van der Waals surface area contributed by atoms with Gasteiger partial charge in [-0.25, -0.2) is 4.79 Å². The van der Waals surface area contributed by atoms with Gasteiger partial charge in [0.1, 0.15) is 29.9 Å². The zero-order valence-electron chi connectivity index (χ0n) is 16.8. The predicted molar refractivity (Wildman–Crippen MR) is 112 cm³/mol. The Bertz CT molecular complexity index is 1100. The van der Waals surface area contributed by atoms with Crippen LogP contribution in [0, 0.1) is 0 Å². The Balaban J connectivity index is 1.38. The van der Waals surface area contributed by atoms with E-state index in [4.69, 9.17) is 23.4 Å². The van der Waals surface area contributed by atoms with Crippen LogP contribution >= 0.6 is 0 Å². The summed E-state index contributed by atoms with van der Waals surface area (Å²) < 4.78 is 28.7. The highest BCUT2D eigenvalue weighted by Gasteiger charge is 2.49. The summed E-state index contributed by atoms with van der Waals surface area (Å²) in [6, 6.07) is 17.4. The molecule has 31 heavy (non-hydrogen) atoms. The number of methoxy groups -OCH3 is 1. The van der Waals surface area contributed by atoms with Gasteiger partial charge in [-0.1, -0.05) is 30.3 Å². The second kappa shape index (κ2) is 8.41. The topological polar surface area (TPSA) is 99.4 Å². The van der Waals surface area contributed by atoms with Crippen molar-refractivity contribution < 1.29 is 28.5 Å². The van der Waals surface area contributed by atoms with Gasteiger partial charge in [-0.05, 0) is 18.2 Å². The molecule has 0 saturated carbocycles. The molecule has 1 aromatic heterocycles. The highest BCUT2D eigenvalue weighted by molar-refractivity contribution is 5.80. The minimum atomic E-state index is -0.933.